The van der Waals surface area contributed by atoms with Crippen molar-refractivity contribution in [3.63, 3.8) is 0 Å². The molecule has 0 spiro atoms. The van der Waals surface area contributed by atoms with Crippen molar-refractivity contribution >= 4 is 43.2 Å². The Bertz CT molecular complexity index is 635. The van der Waals surface area contributed by atoms with E-state index in [1.54, 1.807) is 6.92 Å². The maximum absolute atomic E-state index is 14.1. The van der Waals surface area contributed by atoms with Crippen molar-refractivity contribution in [2.45, 2.75) is 37.1 Å². The smallest absolute Gasteiger partial charge is 0.243 e. The molecule has 1 aliphatic carbocycles. The largest absolute Gasteiger partial charge is 0.395 e. The molecule has 1 aromatic carbocycles. The number of sulfonamides is 1. The van der Waals surface area contributed by atoms with Crippen molar-refractivity contribution in [3.05, 3.63) is 21.4 Å². The lowest BCUT2D eigenvalue weighted by Crippen LogP contribution is -2.40. The molecule has 1 atom stereocenters. The third-order valence-corrected chi connectivity index (χ3v) is 6.58. The van der Waals surface area contributed by atoms with E-state index in [1.807, 2.05) is 0 Å². The van der Waals surface area contributed by atoms with E-state index < -0.39 is 20.7 Å². The zero-order valence-corrected chi connectivity index (χ0v) is 13.9. The summed E-state index contributed by atoms with van der Waals surface area (Å²) < 4.78 is 41.2. The zero-order chi connectivity index (χ0) is 15.1. The second-order valence-corrected chi connectivity index (χ2v) is 7.88. The fourth-order valence-electron chi connectivity index (χ4n) is 2.14. The Hall–Kier alpha value is -0.370. The van der Waals surface area contributed by atoms with E-state index >= 15 is 0 Å². The summed E-state index contributed by atoms with van der Waals surface area (Å²) >= 11 is 8.86. The van der Waals surface area contributed by atoms with Crippen LogP contribution in [0.1, 0.15) is 26.2 Å². The number of nitrogens with one attached hydrogen (secondary N) is 1. The van der Waals surface area contributed by atoms with Gasteiger partial charge in [0.25, 0.3) is 0 Å². The van der Waals surface area contributed by atoms with Crippen LogP contribution >= 0.6 is 27.5 Å². The maximum Gasteiger partial charge on any atom is 0.243 e. The summed E-state index contributed by atoms with van der Waals surface area (Å²) in [4.78, 5) is -0.519. The Balaban J connectivity index is 2.34. The van der Waals surface area contributed by atoms with Gasteiger partial charge in [-0.2, -0.15) is 0 Å². The lowest BCUT2D eigenvalue weighted by atomic mass is 9.81. The first-order valence-corrected chi connectivity index (χ1v) is 8.84. The SMILES string of the molecule is CC(NS(=O)(=O)c1cc(Cl)c(Br)c(N)c1F)C1CCC1. The van der Waals surface area contributed by atoms with Gasteiger partial charge in [-0.3, -0.25) is 0 Å². The van der Waals surface area contributed by atoms with Crippen LogP contribution in [0.3, 0.4) is 0 Å². The van der Waals surface area contributed by atoms with Gasteiger partial charge in [-0.1, -0.05) is 18.0 Å². The van der Waals surface area contributed by atoms with E-state index in [2.05, 4.69) is 20.7 Å². The summed E-state index contributed by atoms with van der Waals surface area (Å²) in [6.07, 6.45) is 3.06. The third kappa shape index (κ3) is 2.95. The summed E-state index contributed by atoms with van der Waals surface area (Å²) in [5.74, 6) is -0.689. The molecule has 2 rings (SSSR count). The number of halogens is 3. The Kier molecular flexibility index (Phi) is 4.63. The molecule has 0 saturated heterocycles. The number of nitrogens with two attached hydrogens (primary N) is 1. The van der Waals surface area contributed by atoms with E-state index in [0.29, 0.717) is 5.92 Å². The van der Waals surface area contributed by atoms with Crippen LogP contribution in [-0.4, -0.2) is 14.5 Å². The van der Waals surface area contributed by atoms with Crippen LogP contribution in [0.5, 0.6) is 0 Å². The Morgan fingerprint density at radius 2 is 2.15 bits per heavy atom. The number of hydrogen-bond donors (Lipinski definition) is 2. The molecule has 0 aromatic heterocycles. The van der Waals surface area contributed by atoms with E-state index in [9.17, 15) is 12.8 Å². The van der Waals surface area contributed by atoms with Crippen molar-refractivity contribution in [1.29, 1.82) is 0 Å². The topological polar surface area (TPSA) is 72.2 Å². The zero-order valence-electron chi connectivity index (χ0n) is 10.8. The van der Waals surface area contributed by atoms with Gasteiger partial charge >= 0.3 is 0 Å². The van der Waals surface area contributed by atoms with Crippen LogP contribution in [0.4, 0.5) is 10.1 Å². The van der Waals surface area contributed by atoms with Crippen LogP contribution in [-0.2, 0) is 10.0 Å². The third-order valence-electron chi connectivity index (χ3n) is 3.64. The van der Waals surface area contributed by atoms with Gasteiger partial charge < -0.3 is 5.73 Å². The lowest BCUT2D eigenvalue weighted by molar-refractivity contribution is 0.260. The number of nitrogen functional groups attached to an aromatic ring is 1. The van der Waals surface area contributed by atoms with Crippen molar-refractivity contribution < 1.29 is 12.8 Å². The minimum atomic E-state index is -3.98. The minimum Gasteiger partial charge on any atom is -0.395 e. The fourth-order valence-corrected chi connectivity index (χ4v) is 4.13. The first-order valence-electron chi connectivity index (χ1n) is 6.19. The average molecular weight is 386 g/mol. The van der Waals surface area contributed by atoms with Gasteiger partial charge in [0.15, 0.2) is 5.82 Å². The molecule has 0 amide bonds. The second-order valence-electron chi connectivity index (χ2n) is 5.00. The molecule has 1 aliphatic rings. The van der Waals surface area contributed by atoms with Gasteiger partial charge in [0, 0.05) is 6.04 Å². The molecule has 1 fully saturated rings. The Labute approximate surface area is 131 Å². The highest BCUT2D eigenvalue weighted by Crippen LogP contribution is 2.35. The van der Waals surface area contributed by atoms with Crippen molar-refractivity contribution in [3.8, 4) is 0 Å². The van der Waals surface area contributed by atoms with E-state index in [-0.39, 0.29) is 21.2 Å². The predicted molar refractivity (Wildman–Crippen MR) is 80.6 cm³/mol. The highest BCUT2D eigenvalue weighted by molar-refractivity contribution is 9.10. The van der Waals surface area contributed by atoms with E-state index in [1.165, 1.54) is 0 Å². The Morgan fingerprint density at radius 3 is 2.65 bits per heavy atom. The number of anilines is 1. The lowest BCUT2D eigenvalue weighted by Gasteiger charge is -2.31. The van der Waals surface area contributed by atoms with Gasteiger partial charge in [0.2, 0.25) is 10.0 Å². The molecule has 1 saturated carbocycles. The standard InChI is InChI=1S/C12H15BrClFN2O2S/c1-6(7-3-2-4-7)17-20(18,19)9-5-8(14)10(13)12(16)11(9)15/h5-7,17H,2-4,16H2,1H3. The molecule has 0 bridgehead atoms. The van der Waals surface area contributed by atoms with Crippen molar-refractivity contribution in [1.82, 2.24) is 4.72 Å². The van der Waals surface area contributed by atoms with Crippen LogP contribution in [0.15, 0.2) is 15.4 Å². The molecular weight excluding hydrogens is 371 g/mol. The van der Waals surface area contributed by atoms with Gasteiger partial charge in [-0.15, -0.1) is 0 Å². The number of hydrogen-bond acceptors (Lipinski definition) is 3. The maximum atomic E-state index is 14.1. The second kappa shape index (κ2) is 5.79. The molecule has 1 unspecified atom stereocenters. The molecule has 8 heteroatoms. The summed E-state index contributed by atoms with van der Waals surface area (Å²) in [6, 6.07) is 0.824. The molecular formula is C12H15BrClFN2O2S. The molecule has 0 radical (unpaired) electrons. The van der Waals surface area contributed by atoms with Crippen LogP contribution in [0.25, 0.3) is 0 Å². The van der Waals surface area contributed by atoms with E-state index in [4.69, 9.17) is 17.3 Å². The quantitative estimate of drug-likeness (QED) is 0.617. The average Bonchev–Trinajstić information content (AvgIpc) is 2.27. The van der Waals surface area contributed by atoms with E-state index in [0.717, 1.165) is 25.3 Å². The molecule has 20 heavy (non-hydrogen) atoms. The number of rotatable bonds is 4. The summed E-state index contributed by atoms with van der Waals surface area (Å²) in [7, 11) is -3.98. The predicted octanol–water partition coefficient (Wildman–Crippen LogP) is 3.29. The molecule has 1 aromatic rings. The highest BCUT2D eigenvalue weighted by atomic mass is 79.9. The summed E-state index contributed by atoms with van der Waals surface area (Å²) in [5.41, 5.74) is 5.20. The molecule has 112 valence electrons. The fraction of sp³-hybridized carbons (Fsp3) is 0.500. The van der Waals surface area contributed by atoms with Crippen molar-refractivity contribution in [2.24, 2.45) is 5.92 Å². The first-order chi connectivity index (χ1) is 9.24. The van der Waals surface area contributed by atoms with Gasteiger partial charge in [-0.25, -0.2) is 17.5 Å². The molecule has 3 N–H and O–H groups in total. The molecule has 4 nitrogen and oxygen atoms in total. The van der Waals surface area contributed by atoms with Crippen LogP contribution in [0.2, 0.25) is 5.02 Å². The van der Waals surface area contributed by atoms with Gasteiger partial charge in [-0.05, 0) is 47.7 Å². The van der Waals surface area contributed by atoms with Gasteiger partial charge in [0.1, 0.15) is 4.90 Å². The van der Waals surface area contributed by atoms with Gasteiger partial charge in [0.05, 0.1) is 15.2 Å². The normalized spacial score (nSPS) is 17.8. The molecule has 0 aliphatic heterocycles. The van der Waals surface area contributed by atoms with Crippen LogP contribution in [0, 0.1) is 11.7 Å². The number of benzene rings is 1. The monoisotopic (exact) mass is 384 g/mol. The summed E-state index contributed by atoms with van der Waals surface area (Å²) in [6.45, 7) is 1.78. The van der Waals surface area contributed by atoms with Crippen LogP contribution < -0.4 is 10.5 Å². The summed E-state index contributed by atoms with van der Waals surface area (Å²) in [5, 5.41) is 0.0561. The highest BCUT2D eigenvalue weighted by Gasteiger charge is 2.30. The first kappa shape index (κ1) is 16.0. The van der Waals surface area contributed by atoms with Crippen molar-refractivity contribution in [2.75, 3.05) is 5.73 Å². The molecule has 0 heterocycles. The minimum absolute atomic E-state index is 0.0561. The Morgan fingerprint density at radius 1 is 1.55 bits per heavy atom.